The monoisotopic (exact) mass is 239 g/mol. The van der Waals surface area contributed by atoms with Crippen LogP contribution in [0.15, 0.2) is 12.1 Å². The summed E-state index contributed by atoms with van der Waals surface area (Å²) in [5, 5.41) is 3.39. The normalized spacial score (nSPS) is 17.2. The SMILES string of the molecule is Cc1ccc(F)c(CC(C)CNC2CC2)c1F. The summed E-state index contributed by atoms with van der Waals surface area (Å²) in [4.78, 5) is 0. The first kappa shape index (κ1) is 12.5. The number of rotatable bonds is 5. The largest absolute Gasteiger partial charge is 0.314 e. The van der Waals surface area contributed by atoms with Crippen molar-refractivity contribution in [2.24, 2.45) is 5.92 Å². The van der Waals surface area contributed by atoms with Gasteiger partial charge in [0.1, 0.15) is 11.6 Å². The van der Waals surface area contributed by atoms with Gasteiger partial charge in [-0.25, -0.2) is 8.78 Å². The van der Waals surface area contributed by atoms with Gasteiger partial charge in [0, 0.05) is 11.6 Å². The fourth-order valence-electron chi connectivity index (χ4n) is 1.98. The molecule has 1 aromatic rings. The number of aryl methyl sites for hydroxylation is 1. The Hall–Kier alpha value is -0.960. The standard InChI is InChI=1S/C14H19F2N/c1-9(8-17-11-4-5-11)7-12-13(15)6-3-10(2)14(12)16/h3,6,9,11,17H,4-5,7-8H2,1-2H3. The Balaban J connectivity index is 1.98. The fourth-order valence-corrected chi connectivity index (χ4v) is 1.98. The molecule has 0 spiro atoms. The van der Waals surface area contributed by atoms with Gasteiger partial charge >= 0.3 is 0 Å². The Labute approximate surface area is 101 Å². The lowest BCUT2D eigenvalue weighted by atomic mass is 9.98. The van der Waals surface area contributed by atoms with Crippen molar-refractivity contribution in [1.29, 1.82) is 0 Å². The summed E-state index contributed by atoms with van der Waals surface area (Å²) in [5.41, 5.74) is 0.749. The van der Waals surface area contributed by atoms with Gasteiger partial charge in [0.15, 0.2) is 0 Å². The Kier molecular flexibility index (Phi) is 3.77. The molecule has 94 valence electrons. The molecule has 1 atom stereocenters. The van der Waals surface area contributed by atoms with Crippen LogP contribution in [-0.4, -0.2) is 12.6 Å². The first-order valence-electron chi connectivity index (χ1n) is 6.24. The minimum absolute atomic E-state index is 0.232. The van der Waals surface area contributed by atoms with E-state index >= 15 is 0 Å². The molecule has 0 amide bonds. The van der Waals surface area contributed by atoms with Gasteiger partial charge in [-0.1, -0.05) is 13.0 Å². The third-order valence-electron chi connectivity index (χ3n) is 3.26. The minimum atomic E-state index is -0.425. The van der Waals surface area contributed by atoms with E-state index in [4.69, 9.17) is 0 Å². The molecule has 1 fully saturated rings. The van der Waals surface area contributed by atoms with E-state index in [1.807, 2.05) is 6.92 Å². The zero-order valence-corrected chi connectivity index (χ0v) is 10.4. The van der Waals surface area contributed by atoms with Crippen molar-refractivity contribution < 1.29 is 8.78 Å². The van der Waals surface area contributed by atoms with Crippen LogP contribution in [0.3, 0.4) is 0 Å². The second kappa shape index (κ2) is 5.13. The maximum Gasteiger partial charge on any atom is 0.132 e. The molecule has 0 bridgehead atoms. The highest BCUT2D eigenvalue weighted by Crippen LogP contribution is 2.21. The van der Waals surface area contributed by atoms with Crippen LogP contribution in [0.1, 0.15) is 30.9 Å². The Morgan fingerprint density at radius 3 is 2.71 bits per heavy atom. The summed E-state index contributed by atoms with van der Waals surface area (Å²) in [6, 6.07) is 3.49. The average molecular weight is 239 g/mol. The van der Waals surface area contributed by atoms with Gasteiger partial charge in [0.05, 0.1) is 0 Å². The Morgan fingerprint density at radius 1 is 1.35 bits per heavy atom. The van der Waals surface area contributed by atoms with Crippen LogP contribution < -0.4 is 5.32 Å². The van der Waals surface area contributed by atoms with Gasteiger partial charge in [-0.3, -0.25) is 0 Å². The van der Waals surface area contributed by atoms with Crippen molar-refractivity contribution in [1.82, 2.24) is 5.32 Å². The molecule has 17 heavy (non-hydrogen) atoms. The van der Waals surface area contributed by atoms with Gasteiger partial charge in [-0.2, -0.15) is 0 Å². The van der Waals surface area contributed by atoms with Crippen LogP contribution in [0.5, 0.6) is 0 Å². The summed E-state index contributed by atoms with van der Waals surface area (Å²) in [7, 11) is 0. The van der Waals surface area contributed by atoms with E-state index in [9.17, 15) is 8.78 Å². The summed E-state index contributed by atoms with van der Waals surface area (Å²) in [6.45, 7) is 4.53. The molecule has 1 aliphatic carbocycles. The van der Waals surface area contributed by atoms with Crippen molar-refractivity contribution in [3.05, 3.63) is 34.9 Å². The first-order chi connectivity index (χ1) is 8.08. The van der Waals surface area contributed by atoms with Crippen LogP contribution in [0.4, 0.5) is 8.78 Å². The van der Waals surface area contributed by atoms with Crippen molar-refractivity contribution >= 4 is 0 Å². The number of halogens is 2. The summed E-state index contributed by atoms with van der Waals surface area (Å²) in [6.07, 6.45) is 2.93. The molecule has 3 heteroatoms. The van der Waals surface area contributed by atoms with Gasteiger partial charge in [-0.15, -0.1) is 0 Å². The van der Waals surface area contributed by atoms with Crippen LogP contribution in [0, 0.1) is 24.5 Å². The van der Waals surface area contributed by atoms with E-state index in [-0.39, 0.29) is 17.3 Å². The quantitative estimate of drug-likeness (QED) is 0.832. The van der Waals surface area contributed by atoms with Crippen LogP contribution in [0.2, 0.25) is 0 Å². The van der Waals surface area contributed by atoms with Crippen LogP contribution in [0.25, 0.3) is 0 Å². The zero-order valence-electron chi connectivity index (χ0n) is 10.4. The van der Waals surface area contributed by atoms with E-state index in [1.54, 1.807) is 6.92 Å². The highest BCUT2D eigenvalue weighted by atomic mass is 19.1. The molecule has 1 N–H and O–H groups in total. The van der Waals surface area contributed by atoms with Crippen molar-refractivity contribution in [3.63, 3.8) is 0 Å². The maximum absolute atomic E-state index is 13.8. The van der Waals surface area contributed by atoms with Crippen molar-refractivity contribution in [3.8, 4) is 0 Å². The Bertz CT molecular complexity index is 399. The number of hydrogen-bond donors (Lipinski definition) is 1. The molecule has 1 aliphatic rings. The van der Waals surface area contributed by atoms with Gasteiger partial charge in [0.2, 0.25) is 0 Å². The molecule has 0 radical (unpaired) electrons. The summed E-state index contributed by atoms with van der Waals surface area (Å²) < 4.78 is 27.3. The summed E-state index contributed by atoms with van der Waals surface area (Å²) in [5.74, 6) is -0.559. The van der Waals surface area contributed by atoms with E-state index in [2.05, 4.69) is 5.32 Å². The fraction of sp³-hybridized carbons (Fsp3) is 0.571. The number of nitrogens with one attached hydrogen (secondary N) is 1. The lowest BCUT2D eigenvalue weighted by molar-refractivity contribution is 0.474. The number of benzene rings is 1. The van der Waals surface area contributed by atoms with E-state index < -0.39 is 5.82 Å². The molecule has 1 unspecified atom stereocenters. The number of hydrogen-bond acceptors (Lipinski definition) is 1. The Morgan fingerprint density at radius 2 is 2.06 bits per heavy atom. The van der Waals surface area contributed by atoms with E-state index in [1.165, 1.54) is 25.0 Å². The highest BCUT2D eigenvalue weighted by Gasteiger charge is 2.21. The predicted molar refractivity (Wildman–Crippen MR) is 65.0 cm³/mol. The second-order valence-corrected chi connectivity index (χ2v) is 5.15. The zero-order chi connectivity index (χ0) is 12.4. The minimum Gasteiger partial charge on any atom is -0.314 e. The maximum atomic E-state index is 13.8. The average Bonchev–Trinajstić information content (AvgIpc) is 3.11. The molecule has 0 heterocycles. The molecule has 0 aliphatic heterocycles. The molecular weight excluding hydrogens is 220 g/mol. The topological polar surface area (TPSA) is 12.0 Å². The van der Waals surface area contributed by atoms with E-state index in [0.717, 1.165) is 6.54 Å². The smallest absolute Gasteiger partial charge is 0.132 e. The molecule has 0 aromatic heterocycles. The van der Waals surface area contributed by atoms with Crippen LogP contribution in [-0.2, 0) is 6.42 Å². The molecule has 0 saturated heterocycles. The third kappa shape index (κ3) is 3.25. The molecule has 1 nitrogen and oxygen atoms in total. The highest BCUT2D eigenvalue weighted by molar-refractivity contribution is 5.26. The van der Waals surface area contributed by atoms with Gasteiger partial charge in [0.25, 0.3) is 0 Å². The predicted octanol–water partition coefficient (Wildman–Crippen LogP) is 3.20. The van der Waals surface area contributed by atoms with Crippen LogP contribution >= 0.6 is 0 Å². The van der Waals surface area contributed by atoms with Gasteiger partial charge in [-0.05, 0) is 50.3 Å². The van der Waals surface area contributed by atoms with Gasteiger partial charge < -0.3 is 5.32 Å². The lowest BCUT2D eigenvalue weighted by Gasteiger charge is -2.14. The molecule has 1 saturated carbocycles. The molecule has 2 rings (SSSR count). The van der Waals surface area contributed by atoms with E-state index in [0.29, 0.717) is 18.0 Å². The summed E-state index contributed by atoms with van der Waals surface area (Å²) >= 11 is 0. The molecular formula is C14H19F2N. The second-order valence-electron chi connectivity index (χ2n) is 5.15. The lowest BCUT2D eigenvalue weighted by Crippen LogP contribution is -2.24. The van der Waals surface area contributed by atoms with Crippen molar-refractivity contribution in [2.45, 2.75) is 39.2 Å². The third-order valence-corrected chi connectivity index (χ3v) is 3.26. The molecule has 1 aromatic carbocycles. The first-order valence-corrected chi connectivity index (χ1v) is 6.24. The van der Waals surface area contributed by atoms with Crippen molar-refractivity contribution in [2.75, 3.05) is 6.54 Å².